The van der Waals surface area contributed by atoms with Crippen molar-refractivity contribution in [3.8, 4) is 5.75 Å². The molecule has 28 heavy (non-hydrogen) atoms. The summed E-state index contributed by atoms with van der Waals surface area (Å²) in [6, 6.07) is 4.95. The molecular formula is C20H24FN3O3S. The van der Waals surface area contributed by atoms with Crippen molar-refractivity contribution in [1.29, 1.82) is 0 Å². The Morgan fingerprint density at radius 3 is 3.00 bits per heavy atom. The number of carbonyl (C=O) groups is 1. The van der Waals surface area contributed by atoms with Gasteiger partial charge in [-0.3, -0.25) is 14.7 Å². The summed E-state index contributed by atoms with van der Waals surface area (Å²) in [6.07, 6.45) is 2.28. The standard InChI is InChI=1S/C20H24FN3O3S/c1-26-16-3-2-15(18(21)6-16)9-23-4-5-27-13-20(11-23)7-19(25)24(12-20)10-17-8-22-14-28-17/h2-3,6,8,14H,4-5,7,9-13H2,1H3. The van der Waals surface area contributed by atoms with Crippen LogP contribution < -0.4 is 4.74 Å². The Hall–Kier alpha value is -2.03. The first-order valence-corrected chi connectivity index (χ1v) is 10.2. The zero-order valence-corrected chi connectivity index (χ0v) is 16.7. The van der Waals surface area contributed by atoms with Gasteiger partial charge in [-0.15, -0.1) is 11.3 Å². The Labute approximate surface area is 167 Å². The van der Waals surface area contributed by atoms with E-state index < -0.39 is 0 Å². The van der Waals surface area contributed by atoms with Crippen LogP contribution in [0.15, 0.2) is 29.9 Å². The number of rotatable bonds is 5. The van der Waals surface area contributed by atoms with Gasteiger partial charge in [0.1, 0.15) is 11.6 Å². The van der Waals surface area contributed by atoms with E-state index >= 15 is 0 Å². The predicted molar refractivity (Wildman–Crippen MR) is 104 cm³/mol. The summed E-state index contributed by atoms with van der Waals surface area (Å²) in [7, 11) is 1.53. The third-order valence-electron chi connectivity index (χ3n) is 5.41. The largest absolute Gasteiger partial charge is 0.497 e. The van der Waals surface area contributed by atoms with E-state index in [9.17, 15) is 9.18 Å². The highest BCUT2D eigenvalue weighted by molar-refractivity contribution is 7.09. The topological polar surface area (TPSA) is 54.9 Å². The van der Waals surface area contributed by atoms with Gasteiger partial charge in [-0.2, -0.15) is 0 Å². The lowest BCUT2D eigenvalue weighted by molar-refractivity contribution is -0.128. The van der Waals surface area contributed by atoms with Crippen LogP contribution in [0.2, 0.25) is 0 Å². The molecule has 0 saturated carbocycles. The molecule has 2 fully saturated rings. The van der Waals surface area contributed by atoms with Crippen molar-refractivity contribution in [3.63, 3.8) is 0 Å². The van der Waals surface area contributed by atoms with Crippen LogP contribution in [0, 0.1) is 11.2 Å². The van der Waals surface area contributed by atoms with E-state index in [4.69, 9.17) is 9.47 Å². The number of hydrogen-bond acceptors (Lipinski definition) is 6. The average molecular weight is 405 g/mol. The van der Waals surface area contributed by atoms with Crippen LogP contribution in [0.25, 0.3) is 0 Å². The summed E-state index contributed by atoms with van der Waals surface area (Å²) in [5, 5.41) is 0. The molecule has 2 aromatic rings. The van der Waals surface area contributed by atoms with Crippen LogP contribution in [0.5, 0.6) is 5.75 Å². The van der Waals surface area contributed by atoms with Gasteiger partial charge < -0.3 is 14.4 Å². The molecule has 1 aromatic heterocycles. The van der Waals surface area contributed by atoms with Crippen LogP contribution in [0.3, 0.4) is 0 Å². The van der Waals surface area contributed by atoms with Crippen molar-refractivity contribution >= 4 is 17.2 Å². The van der Waals surface area contributed by atoms with Gasteiger partial charge in [0.25, 0.3) is 0 Å². The molecule has 2 aliphatic heterocycles. The number of ether oxygens (including phenoxy) is 2. The number of carbonyl (C=O) groups excluding carboxylic acids is 1. The number of likely N-dealkylation sites (tertiary alicyclic amines) is 1. The zero-order valence-electron chi connectivity index (χ0n) is 15.9. The maximum absolute atomic E-state index is 14.4. The van der Waals surface area contributed by atoms with Crippen LogP contribution in [0.4, 0.5) is 4.39 Å². The molecular weight excluding hydrogens is 381 g/mol. The van der Waals surface area contributed by atoms with Crippen molar-refractivity contribution in [2.45, 2.75) is 19.5 Å². The second-order valence-corrected chi connectivity index (χ2v) is 8.59. The number of amides is 1. The Balaban J connectivity index is 1.46. The highest BCUT2D eigenvalue weighted by Gasteiger charge is 2.45. The zero-order chi connectivity index (χ0) is 19.6. The molecule has 1 amide bonds. The minimum Gasteiger partial charge on any atom is -0.497 e. The highest BCUT2D eigenvalue weighted by Crippen LogP contribution is 2.36. The highest BCUT2D eigenvalue weighted by atomic mass is 32.1. The first kappa shape index (κ1) is 19.3. The van der Waals surface area contributed by atoms with E-state index in [1.165, 1.54) is 13.2 Å². The summed E-state index contributed by atoms with van der Waals surface area (Å²) < 4.78 is 25.3. The molecule has 1 atom stereocenters. The van der Waals surface area contributed by atoms with E-state index in [0.717, 1.165) is 11.4 Å². The van der Waals surface area contributed by atoms with Gasteiger partial charge in [-0.05, 0) is 6.07 Å². The lowest BCUT2D eigenvalue weighted by Crippen LogP contribution is -2.40. The number of methoxy groups -OCH3 is 1. The summed E-state index contributed by atoms with van der Waals surface area (Å²) in [4.78, 5) is 21.9. The minimum atomic E-state index is -0.270. The number of halogens is 1. The van der Waals surface area contributed by atoms with Crippen molar-refractivity contribution in [3.05, 3.63) is 46.2 Å². The number of thiazole rings is 1. The average Bonchev–Trinajstić information content (AvgIpc) is 3.23. The van der Waals surface area contributed by atoms with Crippen molar-refractivity contribution in [1.82, 2.24) is 14.8 Å². The Kier molecular flexibility index (Phi) is 5.61. The van der Waals surface area contributed by atoms with E-state index in [1.807, 2.05) is 11.1 Å². The summed E-state index contributed by atoms with van der Waals surface area (Å²) in [5.74, 6) is 0.388. The van der Waals surface area contributed by atoms with E-state index in [1.54, 1.807) is 29.0 Å². The van der Waals surface area contributed by atoms with Crippen LogP contribution >= 0.6 is 11.3 Å². The minimum absolute atomic E-state index is 0.148. The van der Waals surface area contributed by atoms with Gasteiger partial charge in [0, 0.05) is 60.7 Å². The second kappa shape index (κ2) is 8.14. The molecule has 3 heterocycles. The molecule has 1 unspecified atom stereocenters. The molecule has 1 spiro atoms. The fraction of sp³-hybridized carbons (Fsp3) is 0.500. The smallest absolute Gasteiger partial charge is 0.223 e. The molecule has 0 aliphatic carbocycles. The number of aromatic nitrogens is 1. The quantitative estimate of drug-likeness (QED) is 0.765. The molecule has 0 N–H and O–H groups in total. The normalized spacial score (nSPS) is 23.4. The van der Waals surface area contributed by atoms with E-state index in [-0.39, 0.29) is 17.1 Å². The van der Waals surface area contributed by atoms with E-state index in [0.29, 0.717) is 57.1 Å². The van der Waals surface area contributed by atoms with Gasteiger partial charge in [-0.1, -0.05) is 6.07 Å². The van der Waals surface area contributed by atoms with Crippen molar-refractivity contribution in [2.75, 3.05) is 40.0 Å². The molecule has 4 rings (SSSR count). The molecule has 1 aromatic carbocycles. The lowest BCUT2D eigenvalue weighted by atomic mass is 9.87. The van der Waals surface area contributed by atoms with Gasteiger partial charge in [0.15, 0.2) is 0 Å². The summed E-state index contributed by atoms with van der Waals surface area (Å²) in [6.45, 7) is 4.31. The van der Waals surface area contributed by atoms with Crippen LogP contribution in [-0.2, 0) is 22.6 Å². The number of hydrogen-bond donors (Lipinski definition) is 0. The fourth-order valence-electron chi connectivity index (χ4n) is 4.08. The molecule has 8 heteroatoms. The maximum atomic E-state index is 14.4. The molecule has 150 valence electrons. The van der Waals surface area contributed by atoms with E-state index in [2.05, 4.69) is 9.88 Å². The first-order chi connectivity index (χ1) is 13.6. The SMILES string of the molecule is COc1ccc(CN2CCOCC3(CC(=O)N(Cc4cncs4)C3)C2)c(F)c1. The predicted octanol–water partition coefficient (Wildman–Crippen LogP) is 2.54. The molecule has 6 nitrogen and oxygen atoms in total. The third kappa shape index (κ3) is 4.19. The van der Waals surface area contributed by atoms with Crippen molar-refractivity contribution < 1.29 is 18.7 Å². The van der Waals surface area contributed by atoms with Crippen LogP contribution in [0.1, 0.15) is 16.9 Å². The van der Waals surface area contributed by atoms with Crippen molar-refractivity contribution in [2.24, 2.45) is 5.41 Å². The van der Waals surface area contributed by atoms with Gasteiger partial charge in [-0.25, -0.2) is 4.39 Å². The number of benzene rings is 1. The maximum Gasteiger partial charge on any atom is 0.223 e. The molecule has 0 bridgehead atoms. The Morgan fingerprint density at radius 1 is 1.36 bits per heavy atom. The lowest BCUT2D eigenvalue weighted by Gasteiger charge is -2.31. The first-order valence-electron chi connectivity index (χ1n) is 9.35. The monoisotopic (exact) mass is 405 g/mol. The van der Waals surface area contributed by atoms with Crippen LogP contribution in [-0.4, -0.2) is 60.6 Å². The third-order valence-corrected chi connectivity index (χ3v) is 6.17. The number of nitrogens with zero attached hydrogens (tertiary/aromatic N) is 3. The molecule has 0 radical (unpaired) electrons. The fourth-order valence-corrected chi connectivity index (χ4v) is 4.69. The Morgan fingerprint density at radius 2 is 2.25 bits per heavy atom. The summed E-state index contributed by atoms with van der Waals surface area (Å²) in [5.41, 5.74) is 2.16. The summed E-state index contributed by atoms with van der Waals surface area (Å²) >= 11 is 1.56. The molecule has 2 saturated heterocycles. The van der Waals surface area contributed by atoms with Gasteiger partial charge in [0.05, 0.1) is 32.4 Å². The second-order valence-electron chi connectivity index (χ2n) is 7.61. The molecule has 2 aliphatic rings. The van der Waals surface area contributed by atoms with Gasteiger partial charge in [0.2, 0.25) is 5.91 Å². The Bertz CT molecular complexity index is 832. The van der Waals surface area contributed by atoms with Gasteiger partial charge >= 0.3 is 0 Å².